The second kappa shape index (κ2) is 6.26. The zero-order valence-corrected chi connectivity index (χ0v) is 13.8. The van der Waals surface area contributed by atoms with Crippen molar-refractivity contribution in [1.82, 2.24) is 5.32 Å². The van der Waals surface area contributed by atoms with E-state index in [0.29, 0.717) is 13.0 Å². The summed E-state index contributed by atoms with van der Waals surface area (Å²) in [6, 6.07) is 5.86. The Bertz CT molecular complexity index is 543. The fraction of sp³-hybridized carbons (Fsp3) is 0.588. The Kier molecular flexibility index (Phi) is 4.78. The van der Waals surface area contributed by atoms with Crippen LogP contribution in [-0.4, -0.2) is 35.5 Å². The molecule has 0 spiro atoms. The summed E-state index contributed by atoms with van der Waals surface area (Å²) in [5.41, 5.74) is 1.47. The maximum Gasteiger partial charge on any atom is 0.412 e. The molecule has 3 N–H and O–H groups in total. The molecule has 1 unspecified atom stereocenters. The Balaban J connectivity index is 2.08. The van der Waals surface area contributed by atoms with Gasteiger partial charge >= 0.3 is 6.09 Å². The van der Waals surface area contributed by atoms with E-state index in [9.17, 15) is 9.90 Å². The molecule has 0 aromatic heterocycles. The van der Waals surface area contributed by atoms with Gasteiger partial charge in [0, 0.05) is 18.7 Å². The Hall–Kier alpha value is -1.59. The van der Waals surface area contributed by atoms with Gasteiger partial charge in [-0.05, 0) is 57.9 Å². The van der Waals surface area contributed by atoms with Gasteiger partial charge in [-0.1, -0.05) is 12.1 Å². The van der Waals surface area contributed by atoms with E-state index in [4.69, 9.17) is 4.74 Å². The third-order valence-electron chi connectivity index (χ3n) is 3.69. The Morgan fingerprint density at radius 1 is 1.45 bits per heavy atom. The summed E-state index contributed by atoms with van der Waals surface area (Å²) in [5.74, 6) is 0. The van der Waals surface area contributed by atoms with E-state index in [1.54, 1.807) is 0 Å². The van der Waals surface area contributed by atoms with Crippen molar-refractivity contribution >= 4 is 11.8 Å². The molecule has 0 radical (unpaired) electrons. The highest BCUT2D eigenvalue weighted by molar-refractivity contribution is 5.86. The van der Waals surface area contributed by atoms with Crippen LogP contribution in [0.25, 0.3) is 0 Å². The van der Waals surface area contributed by atoms with Crippen LogP contribution in [0.3, 0.4) is 0 Å². The summed E-state index contributed by atoms with van der Waals surface area (Å²) in [6.45, 7) is 8.87. The number of carbonyl (C=O) groups excluding carboxylic acids is 1. The van der Waals surface area contributed by atoms with Crippen molar-refractivity contribution in [2.24, 2.45) is 0 Å². The lowest BCUT2D eigenvalue weighted by atomic mass is 9.93. The normalized spacial score (nSPS) is 21.7. The first-order chi connectivity index (χ1) is 10.2. The van der Waals surface area contributed by atoms with Gasteiger partial charge in [0.05, 0.1) is 5.60 Å². The fourth-order valence-corrected chi connectivity index (χ4v) is 2.59. The van der Waals surface area contributed by atoms with Crippen molar-refractivity contribution in [2.75, 3.05) is 18.4 Å². The van der Waals surface area contributed by atoms with Crippen molar-refractivity contribution < 1.29 is 14.6 Å². The van der Waals surface area contributed by atoms with E-state index in [0.717, 1.165) is 29.8 Å². The van der Waals surface area contributed by atoms with Gasteiger partial charge < -0.3 is 15.2 Å². The molecule has 0 saturated carbocycles. The van der Waals surface area contributed by atoms with Crippen molar-refractivity contribution in [3.63, 3.8) is 0 Å². The van der Waals surface area contributed by atoms with Crippen LogP contribution in [0.4, 0.5) is 10.5 Å². The minimum Gasteiger partial charge on any atom is -0.444 e. The smallest absolute Gasteiger partial charge is 0.412 e. The second-order valence-electron chi connectivity index (χ2n) is 7.10. The first-order valence-electron chi connectivity index (χ1n) is 7.70. The summed E-state index contributed by atoms with van der Waals surface area (Å²) < 4.78 is 5.28. The van der Waals surface area contributed by atoms with Gasteiger partial charge in [0.25, 0.3) is 0 Å². The summed E-state index contributed by atoms with van der Waals surface area (Å²) in [4.78, 5) is 11.9. The molecule has 2 rings (SSSR count). The molecule has 1 aliphatic heterocycles. The molecule has 5 nitrogen and oxygen atoms in total. The highest BCUT2D eigenvalue weighted by Crippen LogP contribution is 2.24. The van der Waals surface area contributed by atoms with Crippen molar-refractivity contribution in [2.45, 2.75) is 51.7 Å². The Morgan fingerprint density at radius 3 is 2.77 bits per heavy atom. The van der Waals surface area contributed by atoms with Crippen LogP contribution in [0.2, 0.25) is 0 Å². The minimum atomic E-state index is -0.696. The number of carbonyl (C=O) groups is 1. The number of benzene rings is 1. The number of hydrogen-bond acceptors (Lipinski definition) is 4. The molecule has 0 bridgehead atoms. The summed E-state index contributed by atoms with van der Waals surface area (Å²) in [7, 11) is 0. The number of rotatable bonds is 3. The van der Waals surface area contributed by atoms with Crippen LogP contribution in [0, 0.1) is 6.92 Å². The predicted octanol–water partition coefficient (Wildman–Crippen LogP) is 2.61. The zero-order valence-electron chi connectivity index (χ0n) is 13.8. The van der Waals surface area contributed by atoms with Crippen LogP contribution in [0.5, 0.6) is 0 Å². The topological polar surface area (TPSA) is 70.6 Å². The molecule has 1 amide bonds. The van der Waals surface area contributed by atoms with E-state index >= 15 is 0 Å². The number of hydrogen-bond donors (Lipinski definition) is 3. The van der Waals surface area contributed by atoms with Gasteiger partial charge in [-0.3, -0.25) is 5.32 Å². The van der Waals surface area contributed by atoms with Crippen LogP contribution < -0.4 is 10.6 Å². The molecule has 1 aromatic rings. The molecule has 22 heavy (non-hydrogen) atoms. The van der Waals surface area contributed by atoms with Gasteiger partial charge in [0.15, 0.2) is 0 Å². The lowest BCUT2D eigenvalue weighted by Gasteiger charge is -2.23. The van der Waals surface area contributed by atoms with Gasteiger partial charge in [0.1, 0.15) is 5.60 Å². The molecule has 1 heterocycles. The number of β-amino-alcohol motifs (C(OH)–C–C–N with tert-alkyl or cyclic N) is 1. The molecule has 1 fully saturated rings. The van der Waals surface area contributed by atoms with Crippen molar-refractivity contribution in [1.29, 1.82) is 0 Å². The van der Waals surface area contributed by atoms with E-state index in [1.807, 2.05) is 45.9 Å². The van der Waals surface area contributed by atoms with Crippen LogP contribution in [0.1, 0.15) is 38.3 Å². The van der Waals surface area contributed by atoms with Gasteiger partial charge in [-0.15, -0.1) is 0 Å². The maximum absolute atomic E-state index is 11.9. The minimum absolute atomic E-state index is 0.464. The average Bonchev–Trinajstić information content (AvgIpc) is 2.78. The first kappa shape index (κ1) is 16.8. The Morgan fingerprint density at radius 2 is 2.18 bits per heavy atom. The third kappa shape index (κ3) is 4.71. The highest BCUT2D eigenvalue weighted by atomic mass is 16.6. The van der Waals surface area contributed by atoms with Crippen molar-refractivity contribution in [3.8, 4) is 0 Å². The quantitative estimate of drug-likeness (QED) is 0.803. The van der Waals surface area contributed by atoms with Gasteiger partial charge in [-0.2, -0.15) is 0 Å². The number of anilines is 1. The van der Waals surface area contributed by atoms with Gasteiger partial charge in [0.2, 0.25) is 0 Å². The van der Waals surface area contributed by atoms with Gasteiger partial charge in [-0.25, -0.2) is 4.79 Å². The summed E-state index contributed by atoms with van der Waals surface area (Å²) >= 11 is 0. The largest absolute Gasteiger partial charge is 0.444 e. The number of aliphatic hydroxyl groups is 1. The molecule has 1 aromatic carbocycles. The maximum atomic E-state index is 11.9. The average molecular weight is 306 g/mol. The van der Waals surface area contributed by atoms with Crippen LogP contribution in [-0.2, 0) is 11.2 Å². The van der Waals surface area contributed by atoms with Crippen molar-refractivity contribution in [3.05, 3.63) is 29.3 Å². The van der Waals surface area contributed by atoms with Crippen LogP contribution in [0.15, 0.2) is 18.2 Å². The SMILES string of the molecule is Cc1ccc(CC2(O)CCNC2)cc1NC(=O)OC(C)(C)C. The molecule has 1 atom stereocenters. The van der Waals surface area contributed by atoms with Crippen LogP contribution >= 0.6 is 0 Å². The summed E-state index contributed by atoms with van der Waals surface area (Å²) in [5, 5.41) is 16.4. The predicted molar refractivity (Wildman–Crippen MR) is 87.2 cm³/mol. The lowest BCUT2D eigenvalue weighted by Crippen LogP contribution is -2.33. The molecule has 5 heteroatoms. The zero-order chi connectivity index (χ0) is 16.4. The number of nitrogens with one attached hydrogen (secondary N) is 2. The molecular weight excluding hydrogens is 280 g/mol. The number of ether oxygens (including phenoxy) is 1. The van der Waals surface area contributed by atoms with E-state index in [2.05, 4.69) is 10.6 Å². The third-order valence-corrected chi connectivity index (χ3v) is 3.69. The highest BCUT2D eigenvalue weighted by Gasteiger charge is 2.31. The standard InChI is InChI=1S/C17H26N2O3/c1-12-5-6-13(10-17(21)7-8-18-11-17)9-14(12)19-15(20)22-16(2,3)4/h5-6,9,18,21H,7-8,10-11H2,1-4H3,(H,19,20). The fourth-order valence-electron chi connectivity index (χ4n) is 2.59. The molecule has 1 aliphatic rings. The van der Waals surface area contributed by atoms with E-state index in [1.165, 1.54) is 0 Å². The van der Waals surface area contributed by atoms with E-state index < -0.39 is 17.3 Å². The molecule has 0 aliphatic carbocycles. The number of aryl methyl sites for hydroxylation is 1. The molecular formula is C17H26N2O3. The number of amides is 1. The second-order valence-corrected chi connectivity index (χ2v) is 7.10. The Labute approximate surface area is 132 Å². The lowest BCUT2D eigenvalue weighted by molar-refractivity contribution is 0.0618. The monoisotopic (exact) mass is 306 g/mol. The first-order valence-corrected chi connectivity index (χ1v) is 7.70. The molecule has 122 valence electrons. The van der Waals surface area contributed by atoms with E-state index in [-0.39, 0.29) is 0 Å². The molecule has 1 saturated heterocycles. The summed E-state index contributed by atoms with van der Waals surface area (Å²) in [6.07, 6.45) is 0.855.